The normalized spacial score (nSPS) is 17.9. The minimum Gasteiger partial charge on any atom is -0.351 e. The van der Waals surface area contributed by atoms with Gasteiger partial charge in [-0.05, 0) is 67.9 Å². The Hall–Kier alpha value is -4.31. The number of terminal acetylenes is 1. The summed E-state index contributed by atoms with van der Waals surface area (Å²) in [5.74, 6) is 4.74. The van der Waals surface area contributed by atoms with Crippen molar-refractivity contribution < 1.29 is 4.79 Å². The first-order chi connectivity index (χ1) is 21.4. The summed E-state index contributed by atoms with van der Waals surface area (Å²) < 4.78 is 1.78. The van der Waals surface area contributed by atoms with Crippen LogP contribution in [0.4, 0.5) is 0 Å². The molecule has 2 unspecified atom stereocenters. The van der Waals surface area contributed by atoms with Crippen molar-refractivity contribution >= 4 is 5.91 Å². The summed E-state index contributed by atoms with van der Waals surface area (Å²) in [4.78, 5) is 28.2. The highest BCUT2D eigenvalue weighted by Gasteiger charge is 2.34. The summed E-state index contributed by atoms with van der Waals surface area (Å²) in [6, 6.07) is 14.1. The molecule has 44 heavy (non-hydrogen) atoms. The van der Waals surface area contributed by atoms with Crippen LogP contribution < -0.4 is 5.32 Å². The van der Waals surface area contributed by atoms with E-state index in [-0.39, 0.29) is 17.7 Å². The summed E-state index contributed by atoms with van der Waals surface area (Å²) >= 11 is 0. The molecule has 7 heteroatoms. The Balaban J connectivity index is 1.27. The van der Waals surface area contributed by atoms with Gasteiger partial charge in [-0.3, -0.25) is 14.5 Å². The van der Waals surface area contributed by atoms with Crippen LogP contribution in [0, 0.1) is 30.1 Å². The Morgan fingerprint density at radius 3 is 2.50 bits per heavy atom. The van der Waals surface area contributed by atoms with E-state index in [0.29, 0.717) is 18.4 Å². The van der Waals surface area contributed by atoms with E-state index in [1.165, 1.54) is 0 Å². The standard InChI is InChI=1S/C37H44N6O/c1-5-26(3)12-18-33-29(6-2)22-39-35(42-33)20-27-13-15-30(16-14-27)36(37(44)40-21-28-10-8-7-9-11-28)34-19-17-31(23-38-34)32-24-41-43(4)25-32/h2,7-11,17,19,22-27,30,36H,5,12-16,18,20-21H2,1,3-4H3,(H,40,44)/t26?,27-,30-,36?. The lowest BCUT2D eigenvalue weighted by Crippen LogP contribution is -2.35. The van der Waals surface area contributed by atoms with E-state index >= 15 is 0 Å². The topological polar surface area (TPSA) is 85.6 Å². The zero-order valence-electron chi connectivity index (χ0n) is 26.2. The summed E-state index contributed by atoms with van der Waals surface area (Å²) in [6.07, 6.45) is 21.2. The number of benzene rings is 1. The highest BCUT2D eigenvalue weighted by atomic mass is 16.1. The Kier molecular flexibility index (Phi) is 10.6. The van der Waals surface area contributed by atoms with Crippen molar-refractivity contribution in [3.8, 4) is 23.5 Å². The molecular formula is C37H44N6O. The fraction of sp³-hybridized carbons (Fsp3) is 0.432. The molecule has 5 rings (SSSR count). The fourth-order valence-corrected chi connectivity index (χ4v) is 6.25. The molecule has 7 nitrogen and oxygen atoms in total. The van der Waals surface area contributed by atoms with Crippen molar-refractivity contribution in [1.29, 1.82) is 0 Å². The maximum absolute atomic E-state index is 13.8. The van der Waals surface area contributed by atoms with Gasteiger partial charge in [0.2, 0.25) is 5.91 Å². The van der Waals surface area contributed by atoms with E-state index < -0.39 is 0 Å². The summed E-state index contributed by atoms with van der Waals surface area (Å²) in [5.41, 5.74) is 5.73. The van der Waals surface area contributed by atoms with Crippen LogP contribution >= 0.6 is 0 Å². The van der Waals surface area contributed by atoms with E-state index in [1.807, 2.05) is 68.2 Å². The molecule has 1 aromatic carbocycles. The SMILES string of the molecule is C#Cc1cnc(C[C@H]2CC[C@H](C(C(=O)NCc3ccccc3)c3ccc(-c4cnn(C)c4)cn3)CC2)nc1CCC(C)CC. The molecule has 1 saturated carbocycles. The largest absolute Gasteiger partial charge is 0.351 e. The molecule has 2 atom stereocenters. The molecule has 3 aromatic heterocycles. The number of nitrogens with zero attached hydrogens (tertiary/aromatic N) is 5. The van der Waals surface area contributed by atoms with Gasteiger partial charge in [-0.1, -0.05) is 62.6 Å². The molecule has 1 amide bonds. The molecule has 228 valence electrons. The first-order valence-corrected chi connectivity index (χ1v) is 16.0. The predicted octanol–water partition coefficient (Wildman–Crippen LogP) is 6.68. The van der Waals surface area contributed by atoms with Crippen molar-refractivity contribution in [3.05, 3.63) is 95.6 Å². The third kappa shape index (κ3) is 7.99. The van der Waals surface area contributed by atoms with E-state index in [2.05, 4.69) is 41.2 Å². The van der Waals surface area contributed by atoms with Crippen LogP contribution in [0.25, 0.3) is 11.1 Å². The van der Waals surface area contributed by atoms with Crippen molar-refractivity contribution in [3.63, 3.8) is 0 Å². The zero-order valence-corrected chi connectivity index (χ0v) is 26.2. The van der Waals surface area contributed by atoms with Gasteiger partial charge in [-0.25, -0.2) is 9.97 Å². The number of aryl methyl sites for hydroxylation is 2. The monoisotopic (exact) mass is 588 g/mol. The van der Waals surface area contributed by atoms with Gasteiger partial charge >= 0.3 is 0 Å². The van der Waals surface area contributed by atoms with Gasteiger partial charge < -0.3 is 5.32 Å². The summed E-state index contributed by atoms with van der Waals surface area (Å²) in [7, 11) is 1.90. The Labute approximate surface area is 262 Å². The second-order valence-corrected chi connectivity index (χ2v) is 12.4. The molecule has 0 spiro atoms. The van der Waals surface area contributed by atoms with Crippen LogP contribution in [0.5, 0.6) is 0 Å². The number of aromatic nitrogens is 5. The van der Waals surface area contributed by atoms with Gasteiger partial charge in [-0.2, -0.15) is 5.10 Å². The minimum atomic E-state index is -0.305. The first-order valence-electron chi connectivity index (χ1n) is 16.0. The van der Waals surface area contributed by atoms with Gasteiger partial charge in [0.1, 0.15) is 5.82 Å². The number of nitrogens with one attached hydrogen (secondary N) is 1. The average Bonchev–Trinajstić information content (AvgIpc) is 3.50. The van der Waals surface area contributed by atoms with E-state index in [4.69, 9.17) is 16.4 Å². The number of amides is 1. The predicted molar refractivity (Wildman–Crippen MR) is 174 cm³/mol. The maximum atomic E-state index is 13.8. The molecule has 1 N–H and O–H groups in total. The van der Waals surface area contributed by atoms with Crippen LogP contribution in [0.3, 0.4) is 0 Å². The van der Waals surface area contributed by atoms with E-state index in [0.717, 1.165) is 90.8 Å². The summed E-state index contributed by atoms with van der Waals surface area (Å²) in [5, 5.41) is 7.49. The molecule has 1 aliphatic rings. The van der Waals surface area contributed by atoms with Gasteiger partial charge in [-0.15, -0.1) is 6.42 Å². The number of rotatable bonds is 12. The zero-order chi connectivity index (χ0) is 30.9. The van der Waals surface area contributed by atoms with E-state index in [1.54, 1.807) is 4.68 Å². The van der Waals surface area contributed by atoms with Gasteiger partial charge in [0.25, 0.3) is 0 Å². The fourth-order valence-electron chi connectivity index (χ4n) is 6.25. The second-order valence-electron chi connectivity index (χ2n) is 12.4. The molecule has 0 aliphatic heterocycles. The van der Waals surface area contributed by atoms with Gasteiger partial charge in [0.15, 0.2) is 0 Å². The first kappa shape index (κ1) is 31.1. The Bertz CT molecular complexity index is 1550. The summed E-state index contributed by atoms with van der Waals surface area (Å²) in [6.45, 7) is 5.00. The average molecular weight is 589 g/mol. The number of carbonyl (C=O) groups excluding carboxylic acids is 1. The van der Waals surface area contributed by atoms with Gasteiger partial charge in [0, 0.05) is 49.7 Å². The third-order valence-electron chi connectivity index (χ3n) is 9.21. The molecule has 0 radical (unpaired) electrons. The minimum absolute atomic E-state index is 0.0399. The van der Waals surface area contributed by atoms with Crippen LogP contribution in [0.1, 0.15) is 86.6 Å². The van der Waals surface area contributed by atoms with Crippen LogP contribution in [-0.2, 0) is 31.2 Å². The lowest BCUT2D eigenvalue weighted by molar-refractivity contribution is -0.124. The molecule has 1 aliphatic carbocycles. The molecule has 0 bridgehead atoms. The lowest BCUT2D eigenvalue weighted by Gasteiger charge is -2.33. The number of carbonyl (C=O) groups is 1. The molecule has 3 heterocycles. The molecule has 1 fully saturated rings. The quantitative estimate of drug-likeness (QED) is 0.187. The number of hydrogen-bond acceptors (Lipinski definition) is 5. The van der Waals surface area contributed by atoms with Crippen LogP contribution in [0.15, 0.2) is 67.3 Å². The Morgan fingerprint density at radius 2 is 1.84 bits per heavy atom. The number of hydrogen-bond donors (Lipinski definition) is 1. The van der Waals surface area contributed by atoms with Crippen LogP contribution in [-0.4, -0.2) is 30.6 Å². The number of pyridine rings is 1. The van der Waals surface area contributed by atoms with Crippen molar-refractivity contribution in [2.24, 2.45) is 24.8 Å². The Morgan fingerprint density at radius 1 is 1.05 bits per heavy atom. The van der Waals surface area contributed by atoms with Crippen molar-refractivity contribution in [2.45, 2.75) is 77.7 Å². The second kappa shape index (κ2) is 14.9. The molecule has 4 aromatic rings. The van der Waals surface area contributed by atoms with Crippen molar-refractivity contribution in [1.82, 2.24) is 30.0 Å². The molecule has 0 saturated heterocycles. The van der Waals surface area contributed by atoms with Crippen LogP contribution in [0.2, 0.25) is 0 Å². The van der Waals surface area contributed by atoms with Crippen molar-refractivity contribution in [2.75, 3.05) is 0 Å². The van der Waals surface area contributed by atoms with Gasteiger partial charge in [0.05, 0.1) is 29.1 Å². The maximum Gasteiger partial charge on any atom is 0.229 e. The highest BCUT2D eigenvalue weighted by Crippen LogP contribution is 2.39. The smallest absolute Gasteiger partial charge is 0.229 e. The lowest BCUT2D eigenvalue weighted by atomic mass is 9.73. The van der Waals surface area contributed by atoms with E-state index in [9.17, 15) is 4.79 Å². The molecular weight excluding hydrogens is 544 g/mol. The highest BCUT2D eigenvalue weighted by molar-refractivity contribution is 5.83. The third-order valence-corrected chi connectivity index (χ3v) is 9.21.